The third-order valence-corrected chi connectivity index (χ3v) is 3.67. The van der Waals surface area contributed by atoms with Crippen molar-refractivity contribution >= 4 is 0 Å². The van der Waals surface area contributed by atoms with Gasteiger partial charge in [-0.1, -0.05) is 60.8 Å². The Morgan fingerprint density at radius 3 is 1.77 bits per heavy atom. The van der Waals surface area contributed by atoms with Crippen LogP contribution in [-0.2, 0) is 0 Å². The van der Waals surface area contributed by atoms with E-state index in [1.165, 1.54) is 19.3 Å². The molecule has 0 rings (SSSR count). The normalized spacial score (nSPS) is 18.7. The third kappa shape index (κ3) is 4.15. The van der Waals surface area contributed by atoms with Crippen LogP contribution in [0.15, 0.2) is 0 Å². The molecule has 0 radical (unpaired) electrons. The molecule has 0 aliphatic heterocycles. The summed E-state index contributed by atoms with van der Waals surface area (Å²) in [5.41, 5.74) is 0. The summed E-state index contributed by atoms with van der Waals surface area (Å²) in [7, 11) is 0. The molecular formula is C13H28. The minimum atomic E-state index is 0.837. The Kier molecular flexibility index (Phi) is 6.45. The van der Waals surface area contributed by atoms with Gasteiger partial charge in [0, 0.05) is 0 Å². The first-order chi connectivity index (χ1) is 6.04. The maximum atomic E-state index is 2.43. The van der Waals surface area contributed by atoms with Crippen molar-refractivity contribution in [2.24, 2.45) is 23.7 Å². The Morgan fingerprint density at radius 2 is 1.46 bits per heavy atom. The van der Waals surface area contributed by atoms with Crippen LogP contribution >= 0.6 is 0 Å². The molecule has 0 heteroatoms. The molecule has 80 valence electrons. The Morgan fingerprint density at radius 1 is 0.923 bits per heavy atom. The molecule has 0 aromatic carbocycles. The average molecular weight is 184 g/mol. The van der Waals surface area contributed by atoms with Crippen LogP contribution in [0.1, 0.15) is 60.8 Å². The molecule has 0 aliphatic carbocycles. The van der Waals surface area contributed by atoms with Crippen LogP contribution in [0.2, 0.25) is 0 Å². The Balaban J connectivity index is 4.14. The predicted octanol–water partition coefficient (Wildman–Crippen LogP) is 4.74. The second-order valence-electron chi connectivity index (χ2n) is 4.94. The van der Waals surface area contributed by atoms with Gasteiger partial charge in [-0.2, -0.15) is 0 Å². The molecule has 0 N–H and O–H groups in total. The van der Waals surface area contributed by atoms with Crippen LogP contribution in [0.5, 0.6) is 0 Å². The molecule has 0 amide bonds. The van der Waals surface area contributed by atoms with Crippen LogP contribution < -0.4 is 0 Å². The fraction of sp³-hybridized carbons (Fsp3) is 1.00. The van der Waals surface area contributed by atoms with Crippen molar-refractivity contribution in [3.63, 3.8) is 0 Å². The van der Waals surface area contributed by atoms with Crippen LogP contribution in [0.3, 0.4) is 0 Å². The van der Waals surface area contributed by atoms with Gasteiger partial charge < -0.3 is 0 Å². The average Bonchev–Trinajstić information content (AvgIpc) is 2.05. The lowest BCUT2D eigenvalue weighted by Gasteiger charge is -2.31. The second-order valence-corrected chi connectivity index (χ2v) is 4.94. The Bertz CT molecular complexity index is 115. The molecule has 3 unspecified atom stereocenters. The summed E-state index contributed by atoms with van der Waals surface area (Å²) in [5, 5.41) is 0. The first-order valence-corrected chi connectivity index (χ1v) is 6.04. The molecule has 13 heavy (non-hydrogen) atoms. The summed E-state index contributed by atoms with van der Waals surface area (Å²) in [6.07, 6.45) is 4.08. The highest BCUT2D eigenvalue weighted by Crippen LogP contribution is 2.31. The highest BCUT2D eigenvalue weighted by Gasteiger charge is 2.23. The van der Waals surface area contributed by atoms with Gasteiger partial charge in [0.05, 0.1) is 0 Å². The minimum Gasteiger partial charge on any atom is -0.0654 e. The molecule has 0 aromatic rings. The van der Waals surface area contributed by atoms with Crippen molar-refractivity contribution in [2.75, 3.05) is 0 Å². The standard InChI is InChI=1S/C13H28/c1-7-9-11(5)13(8-2)12(6)10(3)4/h10-13H,7-9H2,1-6H3. The Labute approximate surface area is 85.1 Å². The van der Waals surface area contributed by atoms with Gasteiger partial charge in [-0.05, 0) is 23.7 Å². The molecule has 0 spiro atoms. The molecule has 0 heterocycles. The molecule has 0 fully saturated rings. The van der Waals surface area contributed by atoms with E-state index >= 15 is 0 Å². The summed E-state index contributed by atoms with van der Waals surface area (Å²) in [6, 6.07) is 0. The molecule has 0 aromatic heterocycles. The zero-order valence-electron chi connectivity index (χ0n) is 10.4. The number of hydrogen-bond donors (Lipinski definition) is 0. The lowest BCUT2D eigenvalue weighted by Crippen LogP contribution is -2.23. The fourth-order valence-corrected chi connectivity index (χ4v) is 2.46. The summed E-state index contributed by atoms with van der Waals surface area (Å²) in [6.45, 7) is 14.2. The lowest BCUT2D eigenvalue weighted by atomic mass is 9.75. The van der Waals surface area contributed by atoms with Crippen molar-refractivity contribution in [2.45, 2.75) is 60.8 Å². The zero-order chi connectivity index (χ0) is 10.4. The topological polar surface area (TPSA) is 0 Å². The van der Waals surface area contributed by atoms with Gasteiger partial charge >= 0.3 is 0 Å². The van der Waals surface area contributed by atoms with E-state index in [1.54, 1.807) is 0 Å². The van der Waals surface area contributed by atoms with Crippen molar-refractivity contribution in [1.29, 1.82) is 0 Å². The van der Waals surface area contributed by atoms with Gasteiger partial charge in [-0.3, -0.25) is 0 Å². The van der Waals surface area contributed by atoms with E-state index in [4.69, 9.17) is 0 Å². The summed E-state index contributed by atoms with van der Waals surface area (Å²) >= 11 is 0. The largest absolute Gasteiger partial charge is 0.0654 e. The van der Waals surface area contributed by atoms with Gasteiger partial charge in [0.15, 0.2) is 0 Å². The van der Waals surface area contributed by atoms with Gasteiger partial charge in [-0.15, -0.1) is 0 Å². The van der Waals surface area contributed by atoms with E-state index in [1.807, 2.05) is 0 Å². The maximum absolute atomic E-state index is 2.43. The monoisotopic (exact) mass is 184 g/mol. The van der Waals surface area contributed by atoms with E-state index in [-0.39, 0.29) is 0 Å². The quantitative estimate of drug-likeness (QED) is 0.559. The molecule has 0 bridgehead atoms. The van der Waals surface area contributed by atoms with Gasteiger partial charge in [-0.25, -0.2) is 0 Å². The molecule has 0 nitrogen and oxygen atoms in total. The van der Waals surface area contributed by atoms with E-state index in [2.05, 4.69) is 41.5 Å². The first-order valence-electron chi connectivity index (χ1n) is 6.04. The van der Waals surface area contributed by atoms with E-state index in [0.717, 1.165) is 23.7 Å². The molecule has 3 atom stereocenters. The fourth-order valence-electron chi connectivity index (χ4n) is 2.46. The third-order valence-electron chi connectivity index (χ3n) is 3.67. The maximum Gasteiger partial charge on any atom is -0.0363 e. The predicted molar refractivity (Wildman–Crippen MR) is 61.9 cm³/mol. The first kappa shape index (κ1) is 13.0. The van der Waals surface area contributed by atoms with Crippen molar-refractivity contribution in [1.82, 2.24) is 0 Å². The summed E-state index contributed by atoms with van der Waals surface area (Å²) < 4.78 is 0. The van der Waals surface area contributed by atoms with Gasteiger partial charge in [0.25, 0.3) is 0 Å². The van der Waals surface area contributed by atoms with Gasteiger partial charge in [0.2, 0.25) is 0 Å². The molecular weight excluding hydrogens is 156 g/mol. The van der Waals surface area contributed by atoms with Crippen molar-refractivity contribution < 1.29 is 0 Å². The van der Waals surface area contributed by atoms with Gasteiger partial charge in [0.1, 0.15) is 0 Å². The molecule has 0 aliphatic rings. The highest BCUT2D eigenvalue weighted by molar-refractivity contribution is 4.72. The van der Waals surface area contributed by atoms with E-state index in [9.17, 15) is 0 Å². The zero-order valence-corrected chi connectivity index (χ0v) is 10.4. The van der Waals surface area contributed by atoms with E-state index < -0.39 is 0 Å². The molecule has 0 saturated heterocycles. The second kappa shape index (κ2) is 6.45. The van der Waals surface area contributed by atoms with Crippen molar-refractivity contribution in [3.8, 4) is 0 Å². The van der Waals surface area contributed by atoms with Crippen LogP contribution in [-0.4, -0.2) is 0 Å². The summed E-state index contributed by atoms with van der Waals surface area (Å²) in [5.74, 6) is 3.56. The highest BCUT2D eigenvalue weighted by atomic mass is 14.3. The van der Waals surface area contributed by atoms with Crippen LogP contribution in [0.4, 0.5) is 0 Å². The smallest absolute Gasteiger partial charge is 0.0363 e. The van der Waals surface area contributed by atoms with Crippen LogP contribution in [0, 0.1) is 23.7 Å². The van der Waals surface area contributed by atoms with Crippen LogP contribution in [0.25, 0.3) is 0 Å². The number of hydrogen-bond acceptors (Lipinski definition) is 0. The summed E-state index contributed by atoms with van der Waals surface area (Å²) in [4.78, 5) is 0. The molecule has 0 saturated carbocycles. The Hall–Kier alpha value is 0. The van der Waals surface area contributed by atoms with E-state index in [0.29, 0.717) is 0 Å². The minimum absolute atomic E-state index is 0.837. The SMILES string of the molecule is CCCC(C)C(CC)C(C)C(C)C. The lowest BCUT2D eigenvalue weighted by molar-refractivity contribution is 0.189. The number of rotatable bonds is 6. The van der Waals surface area contributed by atoms with Crippen molar-refractivity contribution in [3.05, 3.63) is 0 Å².